The lowest BCUT2D eigenvalue weighted by atomic mass is 10.2. The van der Waals surface area contributed by atoms with E-state index in [-0.39, 0.29) is 16.2 Å². The van der Waals surface area contributed by atoms with Crippen molar-refractivity contribution in [1.82, 2.24) is 14.6 Å². The third-order valence-corrected chi connectivity index (χ3v) is 4.48. The number of aromatic nitrogens is 1. The molecule has 0 spiro atoms. The fourth-order valence-corrected chi connectivity index (χ4v) is 3.10. The number of hydrogen-bond donors (Lipinski definition) is 1. The number of nitrogens with zero attached hydrogens (tertiary/aromatic N) is 2. The summed E-state index contributed by atoms with van der Waals surface area (Å²) in [6.07, 6.45) is 1.68. The van der Waals surface area contributed by atoms with Gasteiger partial charge in [-0.2, -0.15) is 0 Å². The molecule has 1 rings (SSSR count). The van der Waals surface area contributed by atoms with E-state index in [4.69, 9.17) is 23.2 Å². The molecule has 1 N–H and O–H groups in total. The van der Waals surface area contributed by atoms with Gasteiger partial charge in [0, 0.05) is 25.2 Å². The van der Waals surface area contributed by atoms with Crippen LogP contribution < -0.4 is 5.32 Å². The molecule has 118 valence electrons. The lowest BCUT2D eigenvalue weighted by Gasteiger charge is -2.17. The van der Waals surface area contributed by atoms with E-state index >= 15 is 0 Å². The van der Waals surface area contributed by atoms with Gasteiger partial charge in [-0.15, -0.1) is 0 Å². The normalized spacial score (nSPS) is 11.7. The quantitative estimate of drug-likeness (QED) is 0.598. The molecule has 0 saturated carbocycles. The maximum absolute atomic E-state index is 11.9. The highest BCUT2D eigenvalue weighted by Crippen LogP contribution is 2.14. The zero-order valence-electron chi connectivity index (χ0n) is 11.8. The number of rotatable bonds is 7. The summed E-state index contributed by atoms with van der Waals surface area (Å²) >= 11 is 11.4. The first kappa shape index (κ1) is 18.2. The maximum Gasteiger partial charge on any atom is 0.251 e. The van der Waals surface area contributed by atoms with Gasteiger partial charge in [0.15, 0.2) is 0 Å². The van der Waals surface area contributed by atoms with Gasteiger partial charge in [0.25, 0.3) is 5.91 Å². The molecule has 0 atom stereocenters. The van der Waals surface area contributed by atoms with E-state index in [0.29, 0.717) is 31.6 Å². The number of pyridine rings is 1. The minimum absolute atomic E-state index is 0.141. The van der Waals surface area contributed by atoms with Gasteiger partial charge in [-0.25, -0.2) is 17.7 Å². The Labute approximate surface area is 134 Å². The molecule has 1 aromatic rings. The lowest BCUT2D eigenvalue weighted by molar-refractivity contribution is 0.0952. The highest BCUT2D eigenvalue weighted by molar-refractivity contribution is 7.88. The van der Waals surface area contributed by atoms with Crippen LogP contribution in [-0.4, -0.2) is 49.5 Å². The average molecular weight is 354 g/mol. The predicted octanol–water partition coefficient (Wildman–Crippen LogP) is 1.79. The Morgan fingerprint density at radius 1 is 1.33 bits per heavy atom. The summed E-state index contributed by atoms with van der Waals surface area (Å²) in [5, 5.41) is 2.96. The Morgan fingerprint density at radius 2 is 1.90 bits per heavy atom. The molecule has 0 fully saturated rings. The van der Waals surface area contributed by atoms with Crippen LogP contribution in [0.5, 0.6) is 0 Å². The molecular formula is C12H17Cl2N3O3S. The summed E-state index contributed by atoms with van der Waals surface area (Å²) in [6, 6.07) is 2.83. The van der Waals surface area contributed by atoms with Crippen LogP contribution in [0.25, 0.3) is 0 Å². The van der Waals surface area contributed by atoms with E-state index in [1.54, 1.807) is 6.92 Å². The minimum atomic E-state index is -3.20. The summed E-state index contributed by atoms with van der Waals surface area (Å²) in [5.74, 6) is -0.330. The Morgan fingerprint density at radius 3 is 2.38 bits per heavy atom. The van der Waals surface area contributed by atoms with Crippen molar-refractivity contribution < 1.29 is 13.2 Å². The first-order valence-electron chi connectivity index (χ1n) is 6.30. The van der Waals surface area contributed by atoms with Gasteiger partial charge < -0.3 is 5.32 Å². The standard InChI is InChI=1S/C12H17Cl2N3O3S/c1-3-17(21(2,19)20)6-4-5-15-12(18)9-7-10(13)16-11(14)8-9/h7-8H,3-6H2,1-2H3,(H,15,18). The smallest absolute Gasteiger partial charge is 0.251 e. The van der Waals surface area contributed by atoms with Crippen LogP contribution >= 0.6 is 23.2 Å². The van der Waals surface area contributed by atoms with Crippen LogP contribution in [0, 0.1) is 0 Å². The zero-order valence-corrected chi connectivity index (χ0v) is 14.1. The summed E-state index contributed by atoms with van der Waals surface area (Å²) in [4.78, 5) is 15.6. The van der Waals surface area contributed by atoms with Crippen LogP contribution in [0.3, 0.4) is 0 Å². The average Bonchev–Trinajstić information content (AvgIpc) is 2.35. The minimum Gasteiger partial charge on any atom is -0.352 e. The van der Waals surface area contributed by atoms with Crippen molar-refractivity contribution in [2.24, 2.45) is 0 Å². The Balaban J connectivity index is 2.47. The Kier molecular flexibility index (Phi) is 6.86. The zero-order chi connectivity index (χ0) is 16.0. The van der Waals surface area contributed by atoms with Crippen molar-refractivity contribution in [3.63, 3.8) is 0 Å². The van der Waals surface area contributed by atoms with Gasteiger partial charge in [0.2, 0.25) is 10.0 Å². The fraction of sp³-hybridized carbons (Fsp3) is 0.500. The Hall–Kier alpha value is -0.890. The van der Waals surface area contributed by atoms with E-state index in [9.17, 15) is 13.2 Å². The van der Waals surface area contributed by atoms with Crippen molar-refractivity contribution in [1.29, 1.82) is 0 Å². The van der Waals surface area contributed by atoms with Gasteiger partial charge in [0.1, 0.15) is 10.3 Å². The molecule has 0 saturated heterocycles. The van der Waals surface area contributed by atoms with E-state index in [2.05, 4.69) is 10.3 Å². The topological polar surface area (TPSA) is 79.4 Å². The number of amides is 1. The monoisotopic (exact) mass is 353 g/mol. The fourth-order valence-electron chi connectivity index (χ4n) is 1.71. The number of hydrogen-bond acceptors (Lipinski definition) is 4. The second kappa shape index (κ2) is 7.93. The van der Waals surface area contributed by atoms with Crippen molar-refractivity contribution in [3.8, 4) is 0 Å². The largest absolute Gasteiger partial charge is 0.352 e. The van der Waals surface area contributed by atoms with E-state index in [1.807, 2.05) is 0 Å². The number of carbonyl (C=O) groups excluding carboxylic acids is 1. The molecule has 0 unspecified atom stereocenters. The second-order valence-corrected chi connectivity index (χ2v) is 7.12. The molecule has 0 aliphatic rings. The first-order valence-corrected chi connectivity index (χ1v) is 8.91. The van der Waals surface area contributed by atoms with Gasteiger partial charge in [-0.05, 0) is 18.6 Å². The predicted molar refractivity (Wildman–Crippen MR) is 83.3 cm³/mol. The molecule has 21 heavy (non-hydrogen) atoms. The second-order valence-electron chi connectivity index (χ2n) is 4.37. The highest BCUT2D eigenvalue weighted by atomic mass is 35.5. The van der Waals surface area contributed by atoms with Crippen LogP contribution in [-0.2, 0) is 10.0 Å². The third-order valence-electron chi connectivity index (χ3n) is 2.72. The van der Waals surface area contributed by atoms with Gasteiger partial charge in [-0.1, -0.05) is 30.1 Å². The molecule has 0 aliphatic heterocycles. The molecule has 0 radical (unpaired) electrons. The summed E-state index contributed by atoms with van der Waals surface area (Å²) < 4.78 is 24.1. The molecule has 1 aromatic heterocycles. The van der Waals surface area contributed by atoms with Crippen molar-refractivity contribution >= 4 is 39.1 Å². The third kappa shape index (κ3) is 6.17. The van der Waals surface area contributed by atoms with Gasteiger partial charge in [-0.3, -0.25) is 4.79 Å². The lowest BCUT2D eigenvalue weighted by Crippen LogP contribution is -2.33. The first-order chi connectivity index (χ1) is 9.74. The van der Waals surface area contributed by atoms with Crippen molar-refractivity contribution in [2.45, 2.75) is 13.3 Å². The summed E-state index contributed by atoms with van der Waals surface area (Å²) in [5.41, 5.74) is 0.315. The van der Waals surface area contributed by atoms with E-state index in [1.165, 1.54) is 16.4 Å². The molecule has 0 aromatic carbocycles. The molecule has 9 heteroatoms. The number of halogens is 2. The summed E-state index contributed by atoms with van der Waals surface area (Å²) in [7, 11) is -3.20. The van der Waals surface area contributed by atoms with Gasteiger partial charge >= 0.3 is 0 Å². The number of nitrogens with one attached hydrogen (secondary N) is 1. The molecular weight excluding hydrogens is 337 g/mol. The SMILES string of the molecule is CCN(CCCNC(=O)c1cc(Cl)nc(Cl)c1)S(C)(=O)=O. The maximum atomic E-state index is 11.9. The Bertz CT molecular complexity index is 588. The number of carbonyl (C=O) groups is 1. The van der Waals surface area contributed by atoms with Crippen molar-refractivity contribution in [3.05, 3.63) is 28.0 Å². The number of sulfonamides is 1. The van der Waals surface area contributed by atoms with Gasteiger partial charge in [0.05, 0.1) is 6.26 Å². The van der Waals surface area contributed by atoms with Crippen LogP contribution in [0.2, 0.25) is 10.3 Å². The molecule has 0 aliphatic carbocycles. The van der Waals surface area contributed by atoms with Crippen LogP contribution in [0.4, 0.5) is 0 Å². The summed E-state index contributed by atoms with van der Waals surface area (Å²) in [6.45, 7) is 2.87. The molecule has 0 bridgehead atoms. The van der Waals surface area contributed by atoms with Crippen LogP contribution in [0.1, 0.15) is 23.7 Å². The molecule has 6 nitrogen and oxygen atoms in total. The van der Waals surface area contributed by atoms with E-state index in [0.717, 1.165) is 6.26 Å². The van der Waals surface area contributed by atoms with Crippen LogP contribution in [0.15, 0.2) is 12.1 Å². The highest BCUT2D eigenvalue weighted by Gasteiger charge is 2.14. The molecule has 1 heterocycles. The van der Waals surface area contributed by atoms with Crippen molar-refractivity contribution in [2.75, 3.05) is 25.9 Å². The van der Waals surface area contributed by atoms with E-state index < -0.39 is 10.0 Å². The molecule has 1 amide bonds.